The van der Waals surface area contributed by atoms with Gasteiger partial charge in [-0.25, -0.2) is 4.39 Å². The van der Waals surface area contributed by atoms with Crippen molar-refractivity contribution < 1.29 is 14.0 Å². The van der Waals surface area contributed by atoms with Gasteiger partial charge in [0.05, 0.1) is 12.6 Å². The molecule has 2 aliphatic rings. The first-order valence-corrected chi connectivity index (χ1v) is 10.3. The molecule has 28 heavy (non-hydrogen) atoms. The van der Waals surface area contributed by atoms with Gasteiger partial charge in [-0.3, -0.25) is 19.4 Å². The summed E-state index contributed by atoms with van der Waals surface area (Å²) in [4.78, 5) is 31.2. The minimum absolute atomic E-state index is 0.138. The van der Waals surface area contributed by atoms with Crippen LogP contribution in [0.1, 0.15) is 31.7 Å². The van der Waals surface area contributed by atoms with Gasteiger partial charge < -0.3 is 10.2 Å². The summed E-state index contributed by atoms with van der Waals surface area (Å²) in [6.07, 6.45) is 3.44. The summed E-state index contributed by atoms with van der Waals surface area (Å²) >= 11 is 0. The van der Waals surface area contributed by atoms with Gasteiger partial charge in [-0.15, -0.1) is 0 Å². The Morgan fingerprint density at radius 1 is 1.07 bits per heavy atom. The number of hydrogen-bond acceptors (Lipinski definition) is 4. The number of piperazine rings is 1. The van der Waals surface area contributed by atoms with Gasteiger partial charge in [-0.2, -0.15) is 0 Å². The van der Waals surface area contributed by atoms with E-state index in [1.54, 1.807) is 19.1 Å². The van der Waals surface area contributed by atoms with Crippen molar-refractivity contribution in [3.63, 3.8) is 0 Å². The molecule has 1 N–H and O–H groups in total. The van der Waals surface area contributed by atoms with Gasteiger partial charge in [0.25, 0.3) is 0 Å². The van der Waals surface area contributed by atoms with Crippen molar-refractivity contribution in [3.8, 4) is 0 Å². The largest absolute Gasteiger partial charge is 0.342 e. The summed E-state index contributed by atoms with van der Waals surface area (Å²) in [5.74, 6) is -0.237. The van der Waals surface area contributed by atoms with E-state index in [0.717, 1.165) is 52.1 Å². The molecule has 154 valence electrons. The molecule has 1 aromatic carbocycles. The average molecular weight is 391 g/mol. The molecule has 2 amide bonds. The lowest BCUT2D eigenvalue weighted by Crippen LogP contribution is -2.54. The van der Waals surface area contributed by atoms with E-state index in [0.29, 0.717) is 17.8 Å². The smallest absolute Gasteiger partial charge is 0.241 e. The van der Waals surface area contributed by atoms with Crippen LogP contribution in [0.15, 0.2) is 18.2 Å². The summed E-state index contributed by atoms with van der Waals surface area (Å²) in [6, 6.07) is 4.43. The first-order valence-electron chi connectivity index (χ1n) is 10.3. The van der Waals surface area contributed by atoms with Crippen LogP contribution in [-0.4, -0.2) is 78.4 Å². The van der Waals surface area contributed by atoms with E-state index in [1.807, 2.05) is 11.8 Å². The number of hydrogen-bond donors (Lipinski definition) is 1. The second-order valence-electron chi connectivity index (χ2n) is 7.88. The van der Waals surface area contributed by atoms with Crippen LogP contribution in [0.2, 0.25) is 0 Å². The fourth-order valence-corrected chi connectivity index (χ4v) is 3.83. The third-order valence-corrected chi connectivity index (χ3v) is 5.84. The standard InChI is InChI=1S/C21H31FN4O2/c1-16-6-7-18(14-19(16)22)23-21(28)17(2)25-12-10-24(11-13-25)15-20(27)26-8-4-3-5-9-26/h6-7,14,17H,3-5,8-13,15H2,1-2H3,(H,23,28)/t17-/m1/s1. The SMILES string of the molecule is Cc1ccc(NC(=O)[C@@H](C)N2CCN(CC(=O)N3CCCCC3)CC2)cc1F. The van der Waals surface area contributed by atoms with Gasteiger partial charge in [0.1, 0.15) is 5.82 Å². The van der Waals surface area contributed by atoms with E-state index in [2.05, 4.69) is 15.1 Å². The molecular formula is C21H31FN4O2. The predicted molar refractivity (Wildman–Crippen MR) is 108 cm³/mol. The molecule has 2 heterocycles. The highest BCUT2D eigenvalue weighted by Gasteiger charge is 2.27. The number of rotatable bonds is 5. The number of piperidine rings is 1. The summed E-state index contributed by atoms with van der Waals surface area (Å²) < 4.78 is 13.7. The van der Waals surface area contributed by atoms with Crippen LogP contribution in [0, 0.1) is 12.7 Å². The first-order chi connectivity index (χ1) is 13.4. The monoisotopic (exact) mass is 390 g/mol. The average Bonchev–Trinajstić information content (AvgIpc) is 2.71. The molecule has 6 nitrogen and oxygen atoms in total. The zero-order chi connectivity index (χ0) is 20.1. The maximum Gasteiger partial charge on any atom is 0.241 e. The fourth-order valence-electron chi connectivity index (χ4n) is 3.83. The van der Waals surface area contributed by atoms with Crippen molar-refractivity contribution >= 4 is 17.5 Å². The third-order valence-electron chi connectivity index (χ3n) is 5.84. The van der Waals surface area contributed by atoms with Gasteiger partial charge in [0, 0.05) is 45.0 Å². The van der Waals surface area contributed by atoms with Crippen LogP contribution in [0.25, 0.3) is 0 Å². The Bertz CT molecular complexity index is 698. The number of carbonyl (C=O) groups excluding carboxylic acids is 2. The summed E-state index contributed by atoms with van der Waals surface area (Å²) in [7, 11) is 0. The third kappa shape index (κ3) is 5.29. The maximum absolute atomic E-state index is 13.7. The van der Waals surface area contributed by atoms with Gasteiger partial charge in [-0.05, 0) is 50.8 Å². The Labute approximate surface area is 166 Å². The fraction of sp³-hybridized carbons (Fsp3) is 0.619. The second kappa shape index (κ2) is 9.47. The number of anilines is 1. The highest BCUT2D eigenvalue weighted by atomic mass is 19.1. The van der Waals surface area contributed by atoms with Crippen LogP contribution in [0.4, 0.5) is 10.1 Å². The molecular weight excluding hydrogens is 359 g/mol. The van der Waals surface area contributed by atoms with Crippen LogP contribution in [0.3, 0.4) is 0 Å². The summed E-state index contributed by atoms with van der Waals surface area (Å²) in [5.41, 5.74) is 1.03. The molecule has 2 fully saturated rings. The van der Waals surface area contributed by atoms with Crippen LogP contribution >= 0.6 is 0 Å². The number of aryl methyl sites for hydroxylation is 1. The molecule has 0 unspecified atom stereocenters. The van der Waals surface area contributed by atoms with Crippen molar-refractivity contribution in [2.45, 2.75) is 39.2 Å². The Hall–Kier alpha value is -1.99. The maximum atomic E-state index is 13.7. The van der Waals surface area contributed by atoms with E-state index in [-0.39, 0.29) is 23.7 Å². The normalized spacial score (nSPS) is 20.0. The number of amides is 2. The minimum atomic E-state index is -0.322. The molecule has 3 rings (SSSR count). The highest BCUT2D eigenvalue weighted by molar-refractivity contribution is 5.94. The van der Waals surface area contributed by atoms with E-state index in [1.165, 1.54) is 12.5 Å². The van der Waals surface area contributed by atoms with Crippen LogP contribution < -0.4 is 5.32 Å². The van der Waals surface area contributed by atoms with E-state index in [9.17, 15) is 14.0 Å². The molecule has 7 heteroatoms. The molecule has 1 aromatic rings. The van der Waals surface area contributed by atoms with Crippen molar-refractivity contribution in [2.24, 2.45) is 0 Å². The van der Waals surface area contributed by atoms with Crippen molar-refractivity contribution in [1.82, 2.24) is 14.7 Å². The number of carbonyl (C=O) groups is 2. The lowest BCUT2D eigenvalue weighted by Gasteiger charge is -2.38. The molecule has 1 atom stereocenters. The van der Waals surface area contributed by atoms with Gasteiger partial charge in [0.15, 0.2) is 0 Å². The van der Waals surface area contributed by atoms with Crippen LogP contribution in [-0.2, 0) is 9.59 Å². The topological polar surface area (TPSA) is 55.9 Å². The highest BCUT2D eigenvalue weighted by Crippen LogP contribution is 2.15. The van der Waals surface area contributed by atoms with Crippen molar-refractivity contribution in [2.75, 3.05) is 51.1 Å². The van der Waals surface area contributed by atoms with Crippen LogP contribution in [0.5, 0.6) is 0 Å². The number of nitrogens with zero attached hydrogens (tertiary/aromatic N) is 3. The molecule has 0 bridgehead atoms. The molecule has 2 aliphatic heterocycles. The van der Waals surface area contributed by atoms with Gasteiger partial charge in [0.2, 0.25) is 11.8 Å². The molecule has 0 spiro atoms. The van der Waals surface area contributed by atoms with Gasteiger partial charge in [-0.1, -0.05) is 6.07 Å². The molecule has 0 saturated carbocycles. The Morgan fingerprint density at radius 2 is 1.75 bits per heavy atom. The zero-order valence-electron chi connectivity index (χ0n) is 16.9. The van der Waals surface area contributed by atoms with Crippen molar-refractivity contribution in [1.29, 1.82) is 0 Å². The van der Waals surface area contributed by atoms with Gasteiger partial charge >= 0.3 is 0 Å². The van der Waals surface area contributed by atoms with E-state index >= 15 is 0 Å². The Kier molecular flexibility index (Phi) is 7.02. The van der Waals surface area contributed by atoms with Crippen molar-refractivity contribution in [3.05, 3.63) is 29.6 Å². The zero-order valence-corrected chi connectivity index (χ0v) is 16.9. The lowest BCUT2D eigenvalue weighted by molar-refractivity contribution is -0.134. The molecule has 0 radical (unpaired) electrons. The Morgan fingerprint density at radius 3 is 2.39 bits per heavy atom. The Balaban J connectivity index is 1.44. The minimum Gasteiger partial charge on any atom is -0.342 e. The predicted octanol–water partition coefficient (Wildman–Crippen LogP) is 2.09. The number of benzene rings is 1. The molecule has 0 aliphatic carbocycles. The quantitative estimate of drug-likeness (QED) is 0.837. The summed E-state index contributed by atoms with van der Waals surface area (Å²) in [6.45, 7) is 8.83. The number of nitrogens with one attached hydrogen (secondary N) is 1. The number of halogens is 1. The van der Waals surface area contributed by atoms with E-state index in [4.69, 9.17) is 0 Å². The lowest BCUT2D eigenvalue weighted by atomic mass is 10.1. The number of likely N-dealkylation sites (tertiary alicyclic amines) is 1. The van der Waals surface area contributed by atoms with E-state index < -0.39 is 0 Å². The summed E-state index contributed by atoms with van der Waals surface area (Å²) in [5, 5.41) is 2.80. The second-order valence-corrected chi connectivity index (χ2v) is 7.88. The molecule has 0 aromatic heterocycles. The molecule has 2 saturated heterocycles. The first kappa shape index (κ1) is 20.7.